The number of aliphatic hydroxyl groups excluding tert-OH is 1. The van der Waals surface area contributed by atoms with Crippen molar-refractivity contribution in [3.05, 3.63) is 53.7 Å². The number of benzene rings is 1. The van der Waals surface area contributed by atoms with E-state index in [0.29, 0.717) is 19.4 Å². The highest BCUT2D eigenvalue weighted by Crippen LogP contribution is 2.25. The third kappa shape index (κ3) is 7.49. The lowest BCUT2D eigenvalue weighted by atomic mass is 10.0. The van der Waals surface area contributed by atoms with Crippen LogP contribution in [0.4, 0.5) is 4.39 Å². The van der Waals surface area contributed by atoms with Crippen molar-refractivity contribution in [3.63, 3.8) is 0 Å². The largest absolute Gasteiger partial charge is 0.457 e. The first-order chi connectivity index (χ1) is 15.2. The third-order valence-electron chi connectivity index (χ3n) is 4.67. The van der Waals surface area contributed by atoms with Crippen LogP contribution in [0.2, 0.25) is 0 Å². The van der Waals surface area contributed by atoms with E-state index in [0.717, 1.165) is 5.56 Å². The van der Waals surface area contributed by atoms with Gasteiger partial charge in [0.15, 0.2) is 11.6 Å². The highest BCUT2D eigenvalue weighted by atomic mass is 19.1. The van der Waals surface area contributed by atoms with Gasteiger partial charge < -0.3 is 25.8 Å². The molecule has 0 saturated carbocycles. The molecule has 0 radical (unpaired) electrons. The highest BCUT2D eigenvalue weighted by Gasteiger charge is 2.34. The van der Waals surface area contributed by atoms with E-state index in [1.807, 2.05) is 20.8 Å². The van der Waals surface area contributed by atoms with Crippen molar-refractivity contribution in [1.29, 1.82) is 0 Å². The van der Waals surface area contributed by atoms with Gasteiger partial charge in [0.05, 0.1) is 6.54 Å². The summed E-state index contributed by atoms with van der Waals surface area (Å²) in [7, 11) is 0. The Labute approximate surface area is 187 Å². The second-order valence-electron chi connectivity index (χ2n) is 8.00. The molecule has 9 heteroatoms. The number of aryl methyl sites for hydroxylation is 1. The Hall–Kier alpha value is -3.20. The molecule has 1 aromatic rings. The van der Waals surface area contributed by atoms with Gasteiger partial charge in [-0.1, -0.05) is 19.9 Å². The number of carbonyl (C=O) groups is 2. The number of nitrogens with two attached hydrogens (primary N) is 1. The van der Waals surface area contributed by atoms with Crippen LogP contribution in [0.5, 0.6) is 5.75 Å². The number of nitrogens with one attached hydrogen (secondary N) is 1. The zero-order valence-corrected chi connectivity index (χ0v) is 18.7. The van der Waals surface area contributed by atoms with Crippen LogP contribution >= 0.6 is 0 Å². The fourth-order valence-corrected chi connectivity index (χ4v) is 3.12. The van der Waals surface area contributed by atoms with Crippen LogP contribution < -0.4 is 15.8 Å². The summed E-state index contributed by atoms with van der Waals surface area (Å²) >= 11 is 0. The number of rotatable bonds is 11. The molecular weight excluding hydrogens is 415 g/mol. The van der Waals surface area contributed by atoms with Crippen LogP contribution in [-0.4, -0.2) is 53.4 Å². The summed E-state index contributed by atoms with van der Waals surface area (Å²) in [6.07, 6.45) is 5.23. The maximum atomic E-state index is 14.0. The van der Waals surface area contributed by atoms with E-state index in [-0.39, 0.29) is 36.4 Å². The lowest BCUT2D eigenvalue weighted by molar-refractivity contribution is -0.134. The standard InChI is InChI=1S/C23H31FN4O4/c1-15(2)11-19(23(31)27-21(25)7-9-26-8-4-10-29)28-14-17(13-22(28)30)32-20-12-16(3)5-6-18(20)24/h5-7,9,12-13,15,19,26,29H,4,8,10-11,14H2,1-3H3,(H2,25,27,31)/b9-7-. The monoisotopic (exact) mass is 446 g/mol. The van der Waals surface area contributed by atoms with Crippen molar-refractivity contribution in [2.45, 2.75) is 39.7 Å². The number of hydrogen-bond donors (Lipinski definition) is 3. The van der Waals surface area contributed by atoms with Crippen LogP contribution in [0.3, 0.4) is 0 Å². The normalized spacial score (nSPS) is 15.4. The molecule has 0 bridgehead atoms. The molecule has 4 N–H and O–H groups in total. The van der Waals surface area contributed by atoms with Crippen molar-refractivity contribution >= 4 is 17.6 Å². The number of halogens is 1. The van der Waals surface area contributed by atoms with Gasteiger partial charge in [-0.2, -0.15) is 4.99 Å². The van der Waals surface area contributed by atoms with Crippen LogP contribution in [-0.2, 0) is 9.59 Å². The predicted molar refractivity (Wildman–Crippen MR) is 120 cm³/mol. The van der Waals surface area contributed by atoms with Crippen molar-refractivity contribution in [1.82, 2.24) is 10.2 Å². The number of amides is 2. The van der Waals surface area contributed by atoms with Gasteiger partial charge in [-0.3, -0.25) is 9.59 Å². The lowest BCUT2D eigenvalue weighted by Gasteiger charge is -2.26. The summed E-state index contributed by atoms with van der Waals surface area (Å²) in [6, 6.07) is 3.65. The first kappa shape index (κ1) is 25.1. The van der Waals surface area contributed by atoms with Crippen molar-refractivity contribution in [2.24, 2.45) is 16.6 Å². The highest BCUT2D eigenvalue weighted by molar-refractivity contribution is 6.03. The molecule has 0 spiro atoms. The first-order valence-corrected chi connectivity index (χ1v) is 10.5. The maximum absolute atomic E-state index is 14.0. The van der Waals surface area contributed by atoms with Crippen LogP contribution in [0.25, 0.3) is 0 Å². The molecule has 8 nitrogen and oxygen atoms in total. The Bertz CT molecular complexity index is 911. The summed E-state index contributed by atoms with van der Waals surface area (Å²) in [5, 5.41) is 11.7. The van der Waals surface area contributed by atoms with Crippen LogP contribution in [0.15, 0.2) is 47.3 Å². The summed E-state index contributed by atoms with van der Waals surface area (Å²) < 4.78 is 19.6. The fourth-order valence-electron chi connectivity index (χ4n) is 3.12. The van der Waals surface area contributed by atoms with Crippen LogP contribution in [0, 0.1) is 18.7 Å². The van der Waals surface area contributed by atoms with Gasteiger partial charge >= 0.3 is 0 Å². The molecule has 1 atom stereocenters. The quantitative estimate of drug-likeness (QED) is 0.272. The summed E-state index contributed by atoms with van der Waals surface area (Å²) in [4.78, 5) is 30.7. The number of aliphatic hydroxyl groups is 1. The second-order valence-corrected chi connectivity index (χ2v) is 8.00. The molecule has 0 fully saturated rings. The number of carbonyl (C=O) groups excluding carboxylic acids is 2. The second kappa shape index (κ2) is 12.0. The Morgan fingerprint density at radius 2 is 2.19 bits per heavy atom. The number of hydrogen-bond acceptors (Lipinski definition) is 5. The molecule has 174 valence electrons. The zero-order valence-electron chi connectivity index (χ0n) is 18.7. The number of ether oxygens (including phenoxy) is 1. The van der Waals surface area contributed by atoms with E-state index in [4.69, 9.17) is 15.6 Å². The smallest absolute Gasteiger partial charge is 0.270 e. The number of aliphatic imine (C=N–C) groups is 1. The topological polar surface area (TPSA) is 117 Å². The van der Waals surface area contributed by atoms with E-state index < -0.39 is 23.7 Å². The van der Waals surface area contributed by atoms with E-state index in [1.54, 1.807) is 18.3 Å². The molecule has 32 heavy (non-hydrogen) atoms. The Kier molecular flexibility index (Phi) is 9.39. The van der Waals surface area contributed by atoms with E-state index >= 15 is 0 Å². The lowest BCUT2D eigenvalue weighted by Crippen LogP contribution is -2.43. The summed E-state index contributed by atoms with van der Waals surface area (Å²) in [5.41, 5.74) is 6.64. The van der Waals surface area contributed by atoms with Crippen molar-refractivity contribution in [2.75, 3.05) is 19.7 Å². The first-order valence-electron chi connectivity index (χ1n) is 10.5. The van der Waals surface area contributed by atoms with E-state index in [2.05, 4.69) is 10.3 Å². The van der Waals surface area contributed by atoms with E-state index in [9.17, 15) is 14.0 Å². The van der Waals surface area contributed by atoms with Gasteiger partial charge in [0.25, 0.3) is 11.8 Å². The average Bonchev–Trinajstić information content (AvgIpc) is 3.08. The van der Waals surface area contributed by atoms with Gasteiger partial charge in [0, 0.05) is 25.4 Å². The Morgan fingerprint density at radius 1 is 1.44 bits per heavy atom. The van der Waals surface area contributed by atoms with E-state index in [1.165, 1.54) is 23.1 Å². The molecule has 0 aliphatic carbocycles. The Balaban J connectivity index is 2.10. The number of nitrogens with zero attached hydrogens (tertiary/aromatic N) is 2. The predicted octanol–water partition coefficient (Wildman–Crippen LogP) is 2.02. The zero-order chi connectivity index (χ0) is 23.7. The van der Waals surface area contributed by atoms with Gasteiger partial charge in [0.1, 0.15) is 17.6 Å². The molecule has 2 rings (SSSR count). The van der Waals surface area contributed by atoms with Gasteiger partial charge in [-0.05, 0) is 49.5 Å². The molecule has 1 aliphatic heterocycles. The molecule has 0 aromatic heterocycles. The number of amidine groups is 1. The molecule has 1 aliphatic rings. The minimum atomic E-state index is -0.823. The minimum Gasteiger partial charge on any atom is -0.457 e. The molecular formula is C23H31FN4O4. The summed E-state index contributed by atoms with van der Waals surface area (Å²) in [6.45, 7) is 6.34. The van der Waals surface area contributed by atoms with Gasteiger partial charge in [-0.25, -0.2) is 4.39 Å². The molecule has 1 heterocycles. The molecule has 0 saturated heterocycles. The minimum absolute atomic E-state index is 0.00170. The van der Waals surface area contributed by atoms with Crippen molar-refractivity contribution < 1.29 is 23.8 Å². The fraction of sp³-hybridized carbons (Fsp3) is 0.435. The Morgan fingerprint density at radius 3 is 2.88 bits per heavy atom. The molecule has 2 amide bonds. The third-order valence-corrected chi connectivity index (χ3v) is 4.67. The van der Waals surface area contributed by atoms with Crippen LogP contribution in [0.1, 0.15) is 32.3 Å². The summed E-state index contributed by atoms with van der Waals surface area (Å²) in [5.74, 6) is -1.08. The molecule has 1 aromatic carbocycles. The van der Waals surface area contributed by atoms with Crippen molar-refractivity contribution in [3.8, 4) is 5.75 Å². The maximum Gasteiger partial charge on any atom is 0.270 e. The van der Waals surface area contributed by atoms with Gasteiger partial charge in [0.2, 0.25) is 0 Å². The molecule has 1 unspecified atom stereocenters. The average molecular weight is 447 g/mol. The van der Waals surface area contributed by atoms with Gasteiger partial charge in [-0.15, -0.1) is 0 Å². The SMILES string of the molecule is Cc1ccc(F)c(OC2=CC(=O)N(C(CC(C)C)C(=O)N=C(N)/C=C\NCCCO)C2)c1.